The largest absolute Gasteiger partial charge is 0.372 e. The van der Waals surface area contributed by atoms with Crippen LogP contribution in [0.5, 0.6) is 0 Å². The summed E-state index contributed by atoms with van der Waals surface area (Å²) in [4.78, 5) is 38.3. The van der Waals surface area contributed by atoms with E-state index < -0.39 is 6.03 Å². The first-order valence-corrected chi connectivity index (χ1v) is 14.1. The molecule has 0 saturated carbocycles. The molecule has 10 nitrogen and oxygen atoms in total. The van der Waals surface area contributed by atoms with E-state index in [1.54, 1.807) is 19.2 Å². The number of amides is 3. The first-order valence-electron chi connectivity index (χ1n) is 12.2. The van der Waals surface area contributed by atoms with Crippen molar-refractivity contribution in [2.75, 3.05) is 23.7 Å². The van der Waals surface area contributed by atoms with Gasteiger partial charge in [0.2, 0.25) is 11.9 Å². The Morgan fingerprint density at radius 1 is 1.08 bits per heavy atom. The van der Waals surface area contributed by atoms with E-state index in [2.05, 4.69) is 58.8 Å². The first kappa shape index (κ1) is 27.0. The highest BCUT2D eigenvalue weighted by Crippen LogP contribution is 2.38. The summed E-state index contributed by atoms with van der Waals surface area (Å²) in [5.41, 5.74) is 5.86. The van der Waals surface area contributed by atoms with Gasteiger partial charge in [-0.05, 0) is 47.9 Å². The van der Waals surface area contributed by atoms with Crippen LogP contribution in [0.25, 0.3) is 22.2 Å². The zero-order valence-electron chi connectivity index (χ0n) is 21.0. The molecule has 0 bridgehead atoms. The minimum Gasteiger partial charge on any atom is -0.372 e. The lowest BCUT2D eigenvalue weighted by atomic mass is 10.00. The summed E-state index contributed by atoms with van der Waals surface area (Å²) in [6, 6.07) is 12.9. The van der Waals surface area contributed by atoms with Crippen molar-refractivity contribution in [3.05, 3.63) is 70.4 Å². The monoisotopic (exact) mass is 657 g/mol. The predicted molar refractivity (Wildman–Crippen MR) is 159 cm³/mol. The number of halogens is 2. The molecule has 0 atom stereocenters. The number of carbonyl (C=O) groups is 2. The van der Waals surface area contributed by atoms with Crippen LogP contribution in [-0.2, 0) is 27.2 Å². The van der Waals surface area contributed by atoms with Gasteiger partial charge in [-0.25, -0.2) is 14.8 Å². The zero-order valence-corrected chi connectivity index (χ0v) is 23.9. The van der Waals surface area contributed by atoms with Gasteiger partial charge in [-0.1, -0.05) is 52.4 Å². The Morgan fingerprint density at radius 2 is 1.92 bits per heavy atom. The van der Waals surface area contributed by atoms with E-state index >= 15 is 0 Å². The van der Waals surface area contributed by atoms with Gasteiger partial charge in [-0.3, -0.25) is 10.1 Å². The van der Waals surface area contributed by atoms with E-state index in [1.165, 1.54) is 5.56 Å². The number of pyridine rings is 1. The number of alkyl halides is 1. The molecular weight excluding hydrogens is 633 g/mol. The zero-order chi connectivity index (χ0) is 27.4. The summed E-state index contributed by atoms with van der Waals surface area (Å²) in [6.45, 7) is 3.30. The Balaban J connectivity index is 1.51. The van der Waals surface area contributed by atoms with Crippen LogP contribution in [0.4, 0.5) is 22.2 Å². The number of rotatable bonds is 8. The van der Waals surface area contributed by atoms with Gasteiger partial charge < -0.3 is 20.7 Å². The van der Waals surface area contributed by atoms with Crippen molar-refractivity contribution in [1.29, 1.82) is 0 Å². The number of hydrogen-bond donors (Lipinski definition) is 4. The quantitative estimate of drug-likeness (QED) is 0.149. The number of aromatic nitrogens is 3. The van der Waals surface area contributed by atoms with Gasteiger partial charge in [0.25, 0.3) is 0 Å². The predicted octanol–water partition coefficient (Wildman–Crippen LogP) is 5.31. The van der Waals surface area contributed by atoms with Gasteiger partial charge in [0, 0.05) is 44.4 Å². The molecule has 200 valence electrons. The molecule has 1 aliphatic heterocycles. The number of urea groups is 1. The minimum atomic E-state index is -0.579. The molecule has 39 heavy (non-hydrogen) atoms. The number of anilines is 3. The molecule has 0 aliphatic carbocycles. The number of ether oxygens (including phenoxy) is 1. The van der Waals surface area contributed by atoms with Crippen molar-refractivity contribution in [3.63, 3.8) is 0 Å². The number of carbonyl (C=O) groups excluding carboxylic acids is 2. The van der Waals surface area contributed by atoms with Gasteiger partial charge >= 0.3 is 6.03 Å². The third kappa shape index (κ3) is 6.21. The molecular formula is C27H25ClIN7O3. The van der Waals surface area contributed by atoms with E-state index in [-0.39, 0.29) is 18.3 Å². The Bertz CT molecular complexity index is 1570. The van der Waals surface area contributed by atoms with Gasteiger partial charge in [-0.15, -0.1) is 0 Å². The Hall–Kier alpha value is -3.55. The second kappa shape index (κ2) is 12.1. The van der Waals surface area contributed by atoms with E-state index in [0.29, 0.717) is 51.8 Å². The molecule has 0 spiro atoms. The molecule has 0 radical (unpaired) electrons. The maximum Gasteiger partial charge on any atom is 0.320 e. The highest BCUT2D eigenvalue weighted by molar-refractivity contribution is 14.1. The van der Waals surface area contributed by atoms with Crippen LogP contribution in [0.15, 0.2) is 48.7 Å². The van der Waals surface area contributed by atoms with Crippen molar-refractivity contribution in [3.8, 4) is 11.1 Å². The first-order chi connectivity index (χ1) is 18.9. The Kier molecular flexibility index (Phi) is 8.38. The molecule has 4 N–H and O–H groups in total. The van der Waals surface area contributed by atoms with Crippen molar-refractivity contribution in [2.24, 2.45) is 0 Å². The van der Waals surface area contributed by atoms with Crippen molar-refractivity contribution in [1.82, 2.24) is 25.6 Å². The molecule has 3 heterocycles. The topological polar surface area (TPSA) is 130 Å². The van der Waals surface area contributed by atoms with Crippen LogP contribution in [0.2, 0.25) is 5.02 Å². The molecule has 0 saturated heterocycles. The van der Waals surface area contributed by atoms with Crippen LogP contribution in [0, 0.1) is 0 Å². The summed E-state index contributed by atoms with van der Waals surface area (Å²) in [5, 5.41) is 12.4. The molecule has 1 aliphatic rings. The SMILES string of the molecule is CCNC(=O)CNC(=O)Nc1nc2nc(Nc3ccc4c(c3)COC4)ncc2cc1-c1c(Cl)cccc1CI. The number of nitrogens with zero attached hydrogens (tertiary/aromatic N) is 3. The van der Waals surface area contributed by atoms with E-state index in [9.17, 15) is 9.59 Å². The van der Waals surface area contributed by atoms with E-state index in [4.69, 9.17) is 16.3 Å². The highest BCUT2D eigenvalue weighted by Gasteiger charge is 2.19. The summed E-state index contributed by atoms with van der Waals surface area (Å²) >= 11 is 8.90. The molecule has 2 aromatic heterocycles. The van der Waals surface area contributed by atoms with Crippen LogP contribution >= 0.6 is 34.2 Å². The summed E-state index contributed by atoms with van der Waals surface area (Å²) in [5.74, 6) is 0.326. The highest BCUT2D eigenvalue weighted by atomic mass is 127. The van der Waals surface area contributed by atoms with Gasteiger partial charge in [-0.2, -0.15) is 4.98 Å². The summed E-state index contributed by atoms with van der Waals surface area (Å²) in [6.07, 6.45) is 1.68. The fourth-order valence-corrected chi connectivity index (χ4v) is 5.17. The van der Waals surface area contributed by atoms with Crippen molar-refractivity contribution >= 4 is 74.6 Å². The molecule has 3 amide bonds. The average Bonchev–Trinajstić information content (AvgIpc) is 3.40. The molecule has 0 unspecified atom stereocenters. The van der Waals surface area contributed by atoms with Gasteiger partial charge in [0.05, 0.1) is 19.8 Å². The molecule has 12 heteroatoms. The number of hydrogen-bond acceptors (Lipinski definition) is 7. The lowest BCUT2D eigenvalue weighted by molar-refractivity contribution is -0.119. The van der Waals surface area contributed by atoms with Crippen LogP contribution in [0.1, 0.15) is 23.6 Å². The fourth-order valence-electron chi connectivity index (χ4n) is 4.24. The minimum absolute atomic E-state index is 0.171. The smallest absolute Gasteiger partial charge is 0.320 e. The van der Waals surface area contributed by atoms with Gasteiger partial charge in [0.15, 0.2) is 5.65 Å². The standard InChI is InChI=1S/C27H25ClIN7O3/c1-2-30-22(37)12-32-27(38)36-25-20(23-15(10-29)4-3-5-21(23)28)9-17-11-31-26(35-24(17)34-25)33-19-7-6-16-13-39-14-18(16)8-19/h3-9,11H,2,10,12-14H2,1H3,(H,30,37)(H3,31,32,33,34,35,36,38). The maximum absolute atomic E-state index is 12.7. The Morgan fingerprint density at radius 3 is 2.74 bits per heavy atom. The van der Waals surface area contributed by atoms with Crippen LogP contribution in [0.3, 0.4) is 0 Å². The molecule has 0 fully saturated rings. The number of benzene rings is 2. The third-order valence-electron chi connectivity index (χ3n) is 6.07. The van der Waals surface area contributed by atoms with Crippen LogP contribution < -0.4 is 21.3 Å². The second-order valence-corrected chi connectivity index (χ2v) is 9.93. The molecule has 2 aromatic carbocycles. The maximum atomic E-state index is 12.7. The van der Waals surface area contributed by atoms with E-state index in [1.807, 2.05) is 36.4 Å². The lowest BCUT2D eigenvalue weighted by Crippen LogP contribution is -2.39. The lowest BCUT2D eigenvalue weighted by Gasteiger charge is -2.16. The molecule has 4 aromatic rings. The number of fused-ring (bicyclic) bond motifs is 2. The normalized spacial score (nSPS) is 12.2. The van der Waals surface area contributed by atoms with E-state index in [0.717, 1.165) is 22.4 Å². The average molecular weight is 658 g/mol. The fraction of sp³-hybridized carbons (Fsp3) is 0.222. The van der Waals surface area contributed by atoms with Crippen LogP contribution in [-0.4, -0.2) is 40.0 Å². The Labute approximate surface area is 243 Å². The number of likely N-dealkylation sites (N-methyl/N-ethyl adjacent to an activating group) is 1. The summed E-state index contributed by atoms with van der Waals surface area (Å²) in [7, 11) is 0. The third-order valence-corrected chi connectivity index (χ3v) is 7.21. The number of nitrogens with one attached hydrogen (secondary N) is 4. The molecule has 5 rings (SSSR count). The summed E-state index contributed by atoms with van der Waals surface area (Å²) < 4.78 is 6.19. The second-order valence-electron chi connectivity index (χ2n) is 8.76. The van der Waals surface area contributed by atoms with Gasteiger partial charge in [0.1, 0.15) is 5.82 Å². The van der Waals surface area contributed by atoms with Crippen molar-refractivity contribution < 1.29 is 14.3 Å². The van der Waals surface area contributed by atoms with Crippen molar-refractivity contribution in [2.45, 2.75) is 24.6 Å².